The molecule has 4 aromatic rings. The van der Waals surface area contributed by atoms with Crippen LogP contribution < -0.4 is 4.72 Å². The van der Waals surface area contributed by atoms with E-state index in [9.17, 15) is 23.1 Å². The van der Waals surface area contributed by atoms with Crippen LogP contribution in [-0.2, 0) is 21.3 Å². The Labute approximate surface area is 209 Å². The molecular formula is C28H23NO6S. The first kappa shape index (κ1) is 24.8. The molecule has 0 aromatic heterocycles. The molecule has 0 unspecified atom stereocenters. The SMILES string of the molecule is O=C(COC(=O)c1cc(S(=O)(=O)NCc2ccccc2)ccc1O)c1ccc(-c2ccccc2)cc1. The molecule has 0 fully saturated rings. The van der Waals surface area contributed by atoms with E-state index in [0.29, 0.717) is 5.56 Å². The average molecular weight is 502 g/mol. The summed E-state index contributed by atoms with van der Waals surface area (Å²) < 4.78 is 32.9. The van der Waals surface area contributed by atoms with Gasteiger partial charge in [0.2, 0.25) is 10.0 Å². The van der Waals surface area contributed by atoms with Gasteiger partial charge in [0.25, 0.3) is 0 Å². The minimum absolute atomic E-state index is 0.0569. The predicted octanol–water partition coefficient (Wildman–Crippen LogP) is 4.58. The van der Waals surface area contributed by atoms with Gasteiger partial charge < -0.3 is 9.84 Å². The number of hydrogen-bond donors (Lipinski definition) is 2. The standard InChI is InChI=1S/C28H23NO6S/c30-26-16-15-24(36(33,34)29-18-20-7-3-1-4-8-20)17-25(26)28(32)35-19-27(31)23-13-11-22(12-14-23)21-9-5-2-6-10-21/h1-17,29-30H,18-19H2. The van der Waals surface area contributed by atoms with Crippen LogP contribution in [0, 0.1) is 0 Å². The molecular weight excluding hydrogens is 478 g/mol. The third-order valence-electron chi connectivity index (χ3n) is 5.46. The number of ether oxygens (including phenoxy) is 1. The fourth-order valence-electron chi connectivity index (χ4n) is 3.47. The van der Waals surface area contributed by atoms with Crippen molar-refractivity contribution < 1.29 is 27.9 Å². The Kier molecular flexibility index (Phi) is 7.58. The van der Waals surface area contributed by atoms with Gasteiger partial charge in [-0.1, -0.05) is 84.9 Å². The molecule has 0 aliphatic heterocycles. The van der Waals surface area contributed by atoms with Crippen molar-refractivity contribution in [3.8, 4) is 16.9 Å². The van der Waals surface area contributed by atoms with Crippen molar-refractivity contribution in [2.75, 3.05) is 6.61 Å². The highest BCUT2D eigenvalue weighted by Crippen LogP contribution is 2.23. The summed E-state index contributed by atoms with van der Waals surface area (Å²) in [7, 11) is -3.97. The van der Waals surface area contributed by atoms with Crippen LogP contribution in [0.4, 0.5) is 0 Å². The number of ketones is 1. The molecule has 0 saturated heterocycles. The van der Waals surface area contributed by atoms with Crippen molar-refractivity contribution in [3.05, 3.63) is 120 Å². The summed E-state index contributed by atoms with van der Waals surface area (Å²) in [5.74, 6) is -1.90. The lowest BCUT2D eigenvalue weighted by atomic mass is 10.0. The number of carbonyl (C=O) groups excluding carboxylic acids is 2. The average Bonchev–Trinajstić information content (AvgIpc) is 2.92. The Morgan fingerprint density at radius 3 is 2.06 bits per heavy atom. The normalized spacial score (nSPS) is 11.1. The van der Waals surface area contributed by atoms with E-state index < -0.39 is 34.1 Å². The topological polar surface area (TPSA) is 110 Å². The van der Waals surface area contributed by atoms with Crippen molar-refractivity contribution >= 4 is 21.8 Å². The lowest BCUT2D eigenvalue weighted by Gasteiger charge is -2.10. The van der Waals surface area contributed by atoms with E-state index in [0.717, 1.165) is 28.8 Å². The van der Waals surface area contributed by atoms with Crippen molar-refractivity contribution in [2.24, 2.45) is 0 Å². The maximum Gasteiger partial charge on any atom is 0.342 e. The van der Waals surface area contributed by atoms with Gasteiger partial charge in [0, 0.05) is 12.1 Å². The van der Waals surface area contributed by atoms with E-state index in [-0.39, 0.29) is 17.0 Å². The highest BCUT2D eigenvalue weighted by Gasteiger charge is 2.21. The molecule has 0 aliphatic rings. The molecule has 36 heavy (non-hydrogen) atoms. The van der Waals surface area contributed by atoms with E-state index in [1.165, 1.54) is 6.07 Å². The molecule has 0 aliphatic carbocycles. The summed E-state index contributed by atoms with van der Waals surface area (Å²) in [5.41, 5.74) is 2.70. The molecule has 0 atom stereocenters. The second-order valence-electron chi connectivity index (χ2n) is 7.93. The van der Waals surface area contributed by atoms with Gasteiger partial charge in [0.05, 0.1) is 4.90 Å². The molecule has 182 valence electrons. The van der Waals surface area contributed by atoms with Crippen LogP contribution in [-0.4, -0.2) is 31.9 Å². The molecule has 8 heteroatoms. The first-order valence-electron chi connectivity index (χ1n) is 11.1. The molecule has 0 bridgehead atoms. The third-order valence-corrected chi connectivity index (χ3v) is 6.85. The zero-order valence-electron chi connectivity index (χ0n) is 19.1. The first-order valence-corrected chi connectivity index (χ1v) is 12.5. The largest absolute Gasteiger partial charge is 0.507 e. The molecule has 0 spiro atoms. The Morgan fingerprint density at radius 1 is 0.778 bits per heavy atom. The van der Waals surface area contributed by atoms with Crippen molar-refractivity contribution in [2.45, 2.75) is 11.4 Å². The van der Waals surface area contributed by atoms with Crippen molar-refractivity contribution in [1.29, 1.82) is 0 Å². The predicted molar refractivity (Wildman–Crippen MR) is 135 cm³/mol. The Hall–Kier alpha value is -4.27. The third kappa shape index (κ3) is 6.04. The zero-order valence-corrected chi connectivity index (χ0v) is 19.9. The number of benzene rings is 4. The Bertz CT molecular complexity index is 1470. The molecule has 0 radical (unpaired) electrons. The summed E-state index contributed by atoms with van der Waals surface area (Å²) in [6, 6.07) is 28.8. The summed E-state index contributed by atoms with van der Waals surface area (Å²) >= 11 is 0. The lowest BCUT2D eigenvalue weighted by Crippen LogP contribution is -2.23. The zero-order chi connectivity index (χ0) is 25.5. The van der Waals surface area contributed by atoms with Crippen LogP contribution in [0.3, 0.4) is 0 Å². The van der Waals surface area contributed by atoms with Gasteiger partial charge >= 0.3 is 5.97 Å². The summed E-state index contributed by atoms with van der Waals surface area (Å²) in [6.07, 6.45) is 0. The highest BCUT2D eigenvalue weighted by molar-refractivity contribution is 7.89. The van der Waals surface area contributed by atoms with Crippen LogP contribution in [0.1, 0.15) is 26.3 Å². The number of Topliss-reactive ketones (excluding diaryl/α,β-unsaturated/α-hetero) is 1. The quantitative estimate of drug-likeness (QED) is 0.257. The summed E-state index contributed by atoms with van der Waals surface area (Å²) in [6.45, 7) is -0.506. The minimum Gasteiger partial charge on any atom is -0.507 e. The smallest absolute Gasteiger partial charge is 0.342 e. The summed E-state index contributed by atoms with van der Waals surface area (Å²) in [5, 5.41) is 10.1. The minimum atomic E-state index is -3.97. The molecule has 4 rings (SSSR count). The lowest BCUT2D eigenvalue weighted by molar-refractivity contribution is 0.0471. The number of rotatable bonds is 9. The molecule has 0 heterocycles. The van der Waals surface area contributed by atoms with Crippen LogP contribution >= 0.6 is 0 Å². The molecule has 7 nitrogen and oxygen atoms in total. The van der Waals surface area contributed by atoms with Crippen LogP contribution in [0.2, 0.25) is 0 Å². The second kappa shape index (κ2) is 11.0. The number of phenols is 1. The van der Waals surface area contributed by atoms with Gasteiger partial charge in [0.15, 0.2) is 12.4 Å². The molecule has 2 N–H and O–H groups in total. The van der Waals surface area contributed by atoms with Crippen LogP contribution in [0.5, 0.6) is 5.75 Å². The monoisotopic (exact) mass is 501 g/mol. The Morgan fingerprint density at radius 2 is 1.39 bits per heavy atom. The fraction of sp³-hybridized carbons (Fsp3) is 0.0714. The van der Waals surface area contributed by atoms with Crippen LogP contribution in [0.15, 0.2) is 108 Å². The molecule has 0 saturated carbocycles. The van der Waals surface area contributed by atoms with Gasteiger partial charge in [-0.2, -0.15) is 0 Å². The van der Waals surface area contributed by atoms with E-state index >= 15 is 0 Å². The van der Waals surface area contributed by atoms with Gasteiger partial charge in [-0.3, -0.25) is 4.79 Å². The summed E-state index contributed by atoms with van der Waals surface area (Å²) in [4.78, 5) is 24.8. The number of aromatic hydroxyl groups is 1. The number of sulfonamides is 1. The van der Waals surface area contributed by atoms with E-state index in [1.54, 1.807) is 48.5 Å². The Balaban J connectivity index is 1.40. The first-order chi connectivity index (χ1) is 17.3. The number of hydrogen-bond acceptors (Lipinski definition) is 6. The van der Waals surface area contributed by atoms with Gasteiger partial charge in [0.1, 0.15) is 11.3 Å². The second-order valence-corrected chi connectivity index (χ2v) is 9.70. The number of phenolic OH excluding ortho intramolecular Hbond substituents is 1. The maximum absolute atomic E-state index is 12.7. The molecule has 0 amide bonds. The van der Waals surface area contributed by atoms with E-state index in [4.69, 9.17) is 4.74 Å². The molecule has 4 aromatic carbocycles. The van der Waals surface area contributed by atoms with Gasteiger partial charge in [-0.15, -0.1) is 0 Å². The number of carbonyl (C=O) groups is 2. The van der Waals surface area contributed by atoms with Gasteiger partial charge in [-0.05, 0) is 34.9 Å². The number of nitrogens with one attached hydrogen (secondary N) is 1. The fourth-order valence-corrected chi connectivity index (χ4v) is 4.52. The van der Waals surface area contributed by atoms with Gasteiger partial charge in [-0.25, -0.2) is 17.9 Å². The van der Waals surface area contributed by atoms with Crippen molar-refractivity contribution in [1.82, 2.24) is 4.72 Å². The maximum atomic E-state index is 12.7. The number of esters is 1. The highest BCUT2D eigenvalue weighted by atomic mass is 32.2. The van der Waals surface area contributed by atoms with E-state index in [1.807, 2.05) is 36.4 Å². The van der Waals surface area contributed by atoms with Crippen LogP contribution in [0.25, 0.3) is 11.1 Å². The van der Waals surface area contributed by atoms with Crippen molar-refractivity contribution in [3.63, 3.8) is 0 Å². The van der Waals surface area contributed by atoms with E-state index in [2.05, 4.69) is 4.72 Å².